The monoisotopic (exact) mass is 450 g/mol. The van der Waals surface area contributed by atoms with E-state index in [9.17, 15) is 13.2 Å². The predicted octanol–water partition coefficient (Wildman–Crippen LogP) is 4.03. The van der Waals surface area contributed by atoms with E-state index in [4.69, 9.17) is 21.1 Å². The average Bonchev–Trinajstić information content (AvgIpc) is 3.21. The van der Waals surface area contributed by atoms with E-state index in [1.807, 2.05) is 0 Å². The van der Waals surface area contributed by atoms with Gasteiger partial charge in [-0.25, -0.2) is 8.42 Å². The molecule has 7 nitrogen and oxygen atoms in total. The number of halogens is 1. The Labute approximate surface area is 181 Å². The van der Waals surface area contributed by atoms with E-state index < -0.39 is 15.9 Å². The molecule has 1 fully saturated rings. The molecule has 1 N–H and O–H groups in total. The molecule has 1 heterocycles. The van der Waals surface area contributed by atoms with E-state index in [0.29, 0.717) is 22.2 Å². The molecule has 9 heteroatoms. The highest BCUT2D eigenvalue weighted by atomic mass is 35.5. The molecule has 30 heavy (non-hydrogen) atoms. The van der Waals surface area contributed by atoms with Gasteiger partial charge in [-0.3, -0.25) is 4.79 Å². The number of nitrogens with zero attached hydrogens (tertiary/aromatic N) is 1. The summed E-state index contributed by atoms with van der Waals surface area (Å²) in [6, 6.07) is 10.9. The Morgan fingerprint density at radius 3 is 2.47 bits per heavy atom. The maximum absolute atomic E-state index is 13.4. The normalized spacial score (nSPS) is 16.6. The van der Waals surface area contributed by atoms with Crippen LogP contribution in [-0.2, 0) is 14.8 Å². The number of benzene rings is 2. The molecule has 0 saturated heterocycles. The van der Waals surface area contributed by atoms with Crippen LogP contribution in [0, 0.1) is 0 Å². The highest BCUT2D eigenvalue weighted by Gasteiger charge is 2.34. The van der Waals surface area contributed by atoms with Gasteiger partial charge in [0.15, 0.2) is 11.5 Å². The Morgan fingerprint density at radius 2 is 1.73 bits per heavy atom. The van der Waals surface area contributed by atoms with Gasteiger partial charge in [0.25, 0.3) is 0 Å². The van der Waals surface area contributed by atoms with Gasteiger partial charge in [0.1, 0.15) is 0 Å². The summed E-state index contributed by atoms with van der Waals surface area (Å²) in [5.41, 5.74) is 0.525. The van der Waals surface area contributed by atoms with Crippen LogP contribution in [0.25, 0.3) is 0 Å². The Morgan fingerprint density at radius 1 is 1.03 bits per heavy atom. The van der Waals surface area contributed by atoms with Crippen molar-refractivity contribution in [1.82, 2.24) is 4.31 Å². The maximum atomic E-state index is 13.4. The van der Waals surface area contributed by atoms with Crippen LogP contribution >= 0.6 is 11.6 Å². The fourth-order valence-corrected chi connectivity index (χ4v) is 5.60. The standard InChI is InChI=1S/C21H23ClN2O5S/c22-15-6-9-18(10-7-15)30(26,27)24(17-4-2-1-3-5-17)13-21(25)23-16-8-11-19-20(12-16)29-14-28-19/h6-12,17H,1-5,13-14H2,(H,23,25). The molecule has 4 rings (SSSR count). The van der Waals surface area contributed by atoms with Gasteiger partial charge in [0.2, 0.25) is 22.7 Å². The number of sulfonamides is 1. The summed E-state index contributed by atoms with van der Waals surface area (Å²) in [4.78, 5) is 12.9. The molecule has 2 aromatic carbocycles. The number of nitrogens with one attached hydrogen (secondary N) is 1. The van der Waals surface area contributed by atoms with Gasteiger partial charge in [-0.1, -0.05) is 30.9 Å². The number of rotatable bonds is 6. The molecule has 2 aromatic rings. The highest BCUT2D eigenvalue weighted by Crippen LogP contribution is 2.34. The Bertz CT molecular complexity index is 1020. The number of hydrogen-bond acceptors (Lipinski definition) is 5. The first-order chi connectivity index (χ1) is 14.4. The summed E-state index contributed by atoms with van der Waals surface area (Å²) in [5, 5.41) is 3.23. The smallest absolute Gasteiger partial charge is 0.243 e. The van der Waals surface area contributed by atoms with Gasteiger partial charge in [-0.2, -0.15) is 4.31 Å². The maximum Gasteiger partial charge on any atom is 0.243 e. The van der Waals surface area contributed by atoms with Crippen LogP contribution in [0.2, 0.25) is 5.02 Å². The van der Waals surface area contributed by atoms with E-state index in [0.717, 1.165) is 32.1 Å². The van der Waals surface area contributed by atoms with Crippen LogP contribution in [0.3, 0.4) is 0 Å². The van der Waals surface area contributed by atoms with Gasteiger partial charge in [-0.05, 0) is 49.2 Å². The first-order valence-electron chi connectivity index (χ1n) is 9.90. The van der Waals surface area contributed by atoms with E-state index >= 15 is 0 Å². The number of hydrogen-bond donors (Lipinski definition) is 1. The van der Waals surface area contributed by atoms with Crippen molar-refractivity contribution < 1.29 is 22.7 Å². The van der Waals surface area contributed by atoms with Crippen molar-refractivity contribution in [1.29, 1.82) is 0 Å². The third-order valence-electron chi connectivity index (χ3n) is 5.36. The topological polar surface area (TPSA) is 84.9 Å². The van der Waals surface area contributed by atoms with Crippen molar-refractivity contribution in [3.63, 3.8) is 0 Å². The van der Waals surface area contributed by atoms with Crippen LogP contribution in [0.4, 0.5) is 5.69 Å². The van der Waals surface area contributed by atoms with Crippen molar-refractivity contribution in [3.8, 4) is 11.5 Å². The Kier molecular flexibility index (Phi) is 6.17. The molecule has 0 unspecified atom stereocenters. The fourth-order valence-electron chi connectivity index (χ4n) is 3.84. The minimum Gasteiger partial charge on any atom is -0.454 e. The number of fused-ring (bicyclic) bond motifs is 1. The van der Waals surface area contributed by atoms with Gasteiger partial charge in [-0.15, -0.1) is 0 Å². The van der Waals surface area contributed by atoms with Crippen molar-refractivity contribution in [2.45, 2.75) is 43.0 Å². The lowest BCUT2D eigenvalue weighted by atomic mass is 9.95. The molecule has 0 spiro atoms. The molecule has 0 bridgehead atoms. The zero-order chi connectivity index (χ0) is 21.1. The molecule has 2 aliphatic rings. The van der Waals surface area contributed by atoms with E-state index in [2.05, 4.69) is 5.32 Å². The fraction of sp³-hybridized carbons (Fsp3) is 0.381. The molecular formula is C21H23ClN2O5S. The first kappa shape index (κ1) is 21.0. The largest absolute Gasteiger partial charge is 0.454 e. The van der Waals surface area contributed by atoms with E-state index in [-0.39, 0.29) is 24.3 Å². The van der Waals surface area contributed by atoms with Gasteiger partial charge >= 0.3 is 0 Å². The highest BCUT2D eigenvalue weighted by molar-refractivity contribution is 7.89. The minimum atomic E-state index is -3.85. The van der Waals surface area contributed by atoms with Crippen LogP contribution in [0.5, 0.6) is 11.5 Å². The molecule has 0 aromatic heterocycles. The summed E-state index contributed by atoms with van der Waals surface area (Å²) in [6.07, 6.45) is 4.45. The number of ether oxygens (including phenoxy) is 2. The molecule has 1 aliphatic carbocycles. The SMILES string of the molecule is O=C(CN(C1CCCCC1)S(=O)(=O)c1ccc(Cl)cc1)Nc1ccc2c(c1)OCO2. The zero-order valence-corrected chi connectivity index (χ0v) is 17.9. The summed E-state index contributed by atoms with van der Waals surface area (Å²) in [5.74, 6) is 0.754. The van der Waals surface area contributed by atoms with Crippen LogP contribution in [0.15, 0.2) is 47.4 Å². The summed E-state index contributed by atoms with van der Waals surface area (Å²) < 4.78 is 38.6. The van der Waals surface area contributed by atoms with Crippen LogP contribution in [0.1, 0.15) is 32.1 Å². The quantitative estimate of drug-likeness (QED) is 0.718. The molecule has 160 valence electrons. The summed E-state index contributed by atoms with van der Waals surface area (Å²) in [6.45, 7) is -0.119. The number of anilines is 1. The lowest BCUT2D eigenvalue weighted by Crippen LogP contribution is -2.45. The van der Waals surface area contributed by atoms with Gasteiger partial charge < -0.3 is 14.8 Å². The first-order valence-corrected chi connectivity index (χ1v) is 11.7. The third kappa shape index (κ3) is 4.55. The summed E-state index contributed by atoms with van der Waals surface area (Å²) >= 11 is 5.91. The van der Waals surface area contributed by atoms with Crippen molar-refractivity contribution in [2.75, 3.05) is 18.7 Å². The van der Waals surface area contributed by atoms with Gasteiger partial charge in [0.05, 0.1) is 11.4 Å². The molecule has 0 atom stereocenters. The molecule has 0 radical (unpaired) electrons. The zero-order valence-electron chi connectivity index (χ0n) is 16.3. The van der Waals surface area contributed by atoms with Crippen LogP contribution in [-0.4, -0.2) is 38.0 Å². The lowest BCUT2D eigenvalue weighted by Gasteiger charge is -2.33. The second-order valence-electron chi connectivity index (χ2n) is 7.41. The average molecular weight is 451 g/mol. The van der Waals surface area contributed by atoms with Gasteiger partial charge in [0, 0.05) is 22.8 Å². The number of carbonyl (C=O) groups excluding carboxylic acids is 1. The van der Waals surface area contributed by atoms with Crippen molar-refractivity contribution >= 4 is 33.2 Å². The van der Waals surface area contributed by atoms with E-state index in [1.165, 1.54) is 16.4 Å². The number of amides is 1. The third-order valence-corrected chi connectivity index (χ3v) is 7.52. The van der Waals surface area contributed by atoms with Crippen LogP contribution < -0.4 is 14.8 Å². The predicted molar refractivity (Wildman–Crippen MR) is 113 cm³/mol. The van der Waals surface area contributed by atoms with Crippen molar-refractivity contribution in [3.05, 3.63) is 47.5 Å². The second-order valence-corrected chi connectivity index (χ2v) is 9.74. The summed E-state index contributed by atoms with van der Waals surface area (Å²) in [7, 11) is -3.85. The minimum absolute atomic E-state index is 0.133. The molecule has 1 aliphatic heterocycles. The molecule has 1 saturated carbocycles. The van der Waals surface area contributed by atoms with E-state index in [1.54, 1.807) is 30.3 Å². The molecular weight excluding hydrogens is 428 g/mol. The second kappa shape index (κ2) is 8.83. The molecule has 1 amide bonds. The van der Waals surface area contributed by atoms with Crippen molar-refractivity contribution in [2.24, 2.45) is 0 Å². The number of carbonyl (C=O) groups is 1. The Balaban J connectivity index is 1.55. The lowest BCUT2D eigenvalue weighted by molar-refractivity contribution is -0.116. The Hall–Kier alpha value is -2.29.